The number of ether oxygens (including phenoxy) is 1. The molecule has 0 aromatic carbocycles. The number of rotatable bonds is 3. The van der Waals surface area contributed by atoms with E-state index in [2.05, 4.69) is 0 Å². The van der Waals surface area contributed by atoms with Crippen molar-refractivity contribution in [1.82, 2.24) is 0 Å². The van der Waals surface area contributed by atoms with Gasteiger partial charge in [0, 0.05) is 5.88 Å². The highest BCUT2D eigenvalue weighted by atomic mass is 35.5. The summed E-state index contributed by atoms with van der Waals surface area (Å²) in [6.07, 6.45) is 18.0. The molecule has 1 atom stereocenters. The summed E-state index contributed by atoms with van der Waals surface area (Å²) in [4.78, 5) is 0. The Bertz CT molecular complexity index is 290. The van der Waals surface area contributed by atoms with E-state index in [0.29, 0.717) is 11.5 Å². The molecule has 3 aliphatic rings. The van der Waals surface area contributed by atoms with Crippen LogP contribution in [0.15, 0.2) is 0 Å². The summed E-state index contributed by atoms with van der Waals surface area (Å²) in [6, 6.07) is 0. The molecular formula is C17H29ClO. The SMILES string of the molecule is ClCC1(CC2CCC3(CCCCC3)O2)CCCCC1. The molecule has 0 aromatic rings. The Kier molecular flexibility index (Phi) is 4.43. The van der Waals surface area contributed by atoms with Crippen molar-refractivity contribution in [2.24, 2.45) is 5.41 Å². The van der Waals surface area contributed by atoms with E-state index in [1.807, 2.05) is 0 Å². The molecule has 1 aliphatic heterocycles. The molecule has 0 radical (unpaired) electrons. The molecule has 2 saturated carbocycles. The maximum atomic E-state index is 6.56. The van der Waals surface area contributed by atoms with Crippen LogP contribution in [0.2, 0.25) is 0 Å². The maximum absolute atomic E-state index is 6.56. The highest BCUT2D eigenvalue weighted by molar-refractivity contribution is 6.18. The van der Waals surface area contributed by atoms with Gasteiger partial charge in [-0.15, -0.1) is 11.6 Å². The quantitative estimate of drug-likeness (QED) is 0.626. The predicted octanol–water partition coefficient (Wildman–Crippen LogP) is 5.45. The maximum Gasteiger partial charge on any atom is 0.0687 e. The van der Waals surface area contributed by atoms with Gasteiger partial charge in [0.1, 0.15) is 0 Å². The van der Waals surface area contributed by atoms with Crippen molar-refractivity contribution in [3.05, 3.63) is 0 Å². The minimum Gasteiger partial charge on any atom is -0.372 e. The fourth-order valence-corrected chi connectivity index (χ4v) is 5.16. The molecule has 3 fully saturated rings. The summed E-state index contributed by atoms with van der Waals surface area (Å²) in [7, 11) is 0. The molecule has 1 nitrogen and oxygen atoms in total. The molecule has 2 aliphatic carbocycles. The van der Waals surface area contributed by atoms with Crippen LogP contribution in [-0.2, 0) is 4.74 Å². The smallest absolute Gasteiger partial charge is 0.0687 e. The van der Waals surface area contributed by atoms with Crippen LogP contribution in [0, 0.1) is 5.41 Å². The van der Waals surface area contributed by atoms with Gasteiger partial charge in [0.15, 0.2) is 0 Å². The highest BCUT2D eigenvalue weighted by Crippen LogP contribution is 2.48. The zero-order chi connectivity index (χ0) is 13.2. The van der Waals surface area contributed by atoms with Crippen molar-refractivity contribution in [3.8, 4) is 0 Å². The van der Waals surface area contributed by atoms with Crippen molar-refractivity contribution in [2.45, 2.75) is 95.2 Å². The summed E-state index contributed by atoms with van der Waals surface area (Å²) in [6.45, 7) is 0. The zero-order valence-corrected chi connectivity index (χ0v) is 13.0. The van der Waals surface area contributed by atoms with Gasteiger partial charge in [-0.2, -0.15) is 0 Å². The minimum absolute atomic E-state index is 0.283. The van der Waals surface area contributed by atoms with Crippen LogP contribution in [0.5, 0.6) is 0 Å². The second kappa shape index (κ2) is 5.93. The lowest BCUT2D eigenvalue weighted by molar-refractivity contribution is -0.0780. The van der Waals surface area contributed by atoms with Crippen molar-refractivity contribution in [2.75, 3.05) is 5.88 Å². The lowest BCUT2D eigenvalue weighted by Crippen LogP contribution is -2.35. The van der Waals surface area contributed by atoms with Gasteiger partial charge in [0.05, 0.1) is 11.7 Å². The first-order valence-electron chi connectivity index (χ1n) is 8.50. The molecule has 2 heteroatoms. The van der Waals surface area contributed by atoms with Crippen LogP contribution in [0.1, 0.15) is 83.5 Å². The van der Waals surface area contributed by atoms with E-state index in [0.717, 1.165) is 5.88 Å². The summed E-state index contributed by atoms with van der Waals surface area (Å²) in [5, 5.41) is 0. The molecule has 0 aromatic heterocycles. The Morgan fingerprint density at radius 3 is 2.11 bits per heavy atom. The van der Waals surface area contributed by atoms with E-state index in [4.69, 9.17) is 16.3 Å². The molecule has 0 N–H and O–H groups in total. The first-order valence-corrected chi connectivity index (χ1v) is 9.03. The molecule has 1 unspecified atom stereocenters. The van der Waals surface area contributed by atoms with Gasteiger partial charge in [-0.3, -0.25) is 0 Å². The number of alkyl halides is 1. The number of hydrogen-bond donors (Lipinski definition) is 0. The number of halogens is 1. The summed E-state index contributed by atoms with van der Waals surface area (Å²) < 4.78 is 6.56. The second-order valence-electron chi connectivity index (χ2n) is 7.42. The van der Waals surface area contributed by atoms with Gasteiger partial charge in [-0.1, -0.05) is 38.5 Å². The van der Waals surface area contributed by atoms with Crippen LogP contribution >= 0.6 is 11.6 Å². The molecule has 1 saturated heterocycles. The van der Waals surface area contributed by atoms with Crippen LogP contribution in [0.3, 0.4) is 0 Å². The van der Waals surface area contributed by atoms with Gasteiger partial charge in [-0.25, -0.2) is 0 Å². The molecule has 1 spiro atoms. The lowest BCUT2D eigenvalue weighted by Gasteiger charge is -2.39. The fourth-order valence-electron chi connectivity index (χ4n) is 4.78. The highest BCUT2D eigenvalue weighted by Gasteiger charge is 2.43. The van der Waals surface area contributed by atoms with Gasteiger partial charge >= 0.3 is 0 Å². The minimum atomic E-state index is 0.283. The average Bonchev–Trinajstić information content (AvgIpc) is 2.83. The molecule has 3 rings (SSSR count). The van der Waals surface area contributed by atoms with Crippen LogP contribution in [-0.4, -0.2) is 17.6 Å². The third-order valence-electron chi connectivity index (χ3n) is 5.96. The molecule has 0 bridgehead atoms. The van der Waals surface area contributed by atoms with Gasteiger partial charge < -0.3 is 4.74 Å². The van der Waals surface area contributed by atoms with Crippen LogP contribution in [0.25, 0.3) is 0 Å². The van der Waals surface area contributed by atoms with Gasteiger partial charge in [0.25, 0.3) is 0 Å². The Balaban J connectivity index is 1.58. The van der Waals surface area contributed by atoms with E-state index >= 15 is 0 Å². The zero-order valence-electron chi connectivity index (χ0n) is 12.3. The molecule has 19 heavy (non-hydrogen) atoms. The predicted molar refractivity (Wildman–Crippen MR) is 80.8 cm³/mol. The molecule has 1 heterocycles. The first-order chi connectivity index (χ1) is 9.26. The van der Waals surface area contributed by atoms with E-state index < -0.39 is 0 Å². The molecular weight excluding hydrogens is 256 g/mol. The average molecular weight is 285 g/mol. The standard InChI is InChI=1S/C17H29ClO/c18-14-16(8-3-1-4-9-16)13-15-7-12-17(19-15)10-5-2-6-11-17/h15H,1-14H2. The third kappa shape index (κ3) is 3.13. The largest absolute Gasteiger partial charge is 0.372 e. The van der Waals surface area contributed by atoms with E-state index in [9.17, 15) is 0 Å². The lowest BCUT2D eigenvalue weighted by atomic mass is 9.72. The van der Waals surface area contributed by atoms with E-state index in [-0.39, 0.29) is 5.60 Å². The molecule has 0 amide bonds. The molecule has 110 valence electrons. The monoisotopic (exact) mass is 284 g/mol. The summed E-state index contributed by atoms with van der Waals surface area (Å²) >= 11 is 6.34. The van der Waals surface area contributed by atoms with Crippen LogP contribution in [0.4, 0.5) is 0 Å². The van der Waals surface area contributed by atoms with Crippen molar-refractivity contribution in [1.29, 1.82) is 0 Å². The summed E-state index contributed by atoms with van der Waals surface area (Å²) in [5.41, 5.74) is 0.690. The third-order valence-corrected chi connectivity index (χ3v) is 6.53. The van der Waals surface area contributed by atoms with Crippen molar-refractivity contribution in [3.63, 3.8) is 0 Å². The van der Waals surface area contributed by atoms with E-state index in [1.54, 1.807) is 0 Å². The Morgan fingerprint density at radius 1 is 0.842 bits per heavy atom. The van der Waals surface area contributed by atoms with Crippen LogP contribution < -0.4 is 0 Å². The Morgan fingerprint density at radius 2 is 1.47 bits per heavy atom. The fraction of sp³-hybridized carbons (Fsp3) is 1.00. The second-order valence-corrected chi connectivity index (χ2v) is 7.69. The van der Waals surface area contributed by atoms with E-state index in [1.165, 1.54) is 83.5 Å². The topological polar surface area (TPSA) is 9.23 Å². The Labute approximate surface area is 123 Å². The Hall–Kier alpha value is 0.250. The normalized spacial score (nSPS) is 33.6. The first kappa shape index (κ1) is 14.2. The van der Waals surface area contributed by atoms with Gasteiger partial charge in [-0.05, 0) is 50.4 Å². The van der Waals surface area contributed by atoms with Gasteiger partial charge in [0.2, 0.25) is 0 Å². The van der Waals surface area contributed by atoms with Crippen molar-refractivity contribution >= 4 is 11.6 Å². The van der Waals surface area contributed by atoms with Crippen molar-refractivity contribution < 1.29 is 4.74 Å². The summed E-state index contributed by atoms with van der Waals surface area (Å²) in [5.74, 6) is 0.847. The number of hydrogen-bond acceptors (Lipinski definition) is 1.